The summed E-state index contributed by atoms with van der Waals surface area (Å²) in [6.45, 7) is 0. The molecule has 0 aliphatic rings. The average molecular weight is 458 g/mol. The highest BCUT2D eigenvalue weighted by Crippen LogP contribution is 2.33. The molecule has 2 nitrogen and oxygen atoms in total. The van der Waals surface area contributed by atoms with E-state index in [1.54, 1.807) is 0 Å². The van der Waals surface area contributed by atoms with Crippen molar-refractivity contribution < 1.29 is 9.53 Å². The maximum atomic E-state index is 12.4. The molecule has 0 unspecified atom stereocenters. The molecule has 0 heterocycles. The average Bonchev–Trinajstić information content (AvgIpc) is 2.69. The van der Waals surface area contributed by atoms with Gasteiger partial charge in [0.2, 0.25) is 5.14 Å². The fourth-order valence-electron chi connectivity index (χ4n) is 2.71. The molecular weight excluding hydrogens is 441 g/mol. The molecule has 3 rings (SSSR count). The second kappa shape index (κ2) is 8.64. The summed E-state index contributed by atoms with van der Waals surface area (Å²) in [6.07, 6.45) is 0. The Morgan fingerprint density at radius 3 is 1.96 bits per heavy atom. The molecule has 0 atom stereocenters. The van der Waals surface area contributed by atoms with Crippen molar-refractivity contribution >= 4 is 62.8 Å². The minimum absolute atomic E-state index is 0.283. The van der Waals surface area contributed by atoms with Crippen LogP contribution in [0, 0.1) is 0 Å². The molecule has 0 radical (unpaired) electrons. The minimum atomic E-state index is -0.831. The number of halogens is 1. The van der Waals surface area contributed by atoms with E-state index in [2.05, 4.69) is 52.7 Å². The first-order valence-corrected chi connectivity index (χ1v) is 10.8. The molecule has 25 heavy (non-hydrogen) atoms. The van der Waals surface area contributed by atoms with Crippen molar-refractivity contribution in [3.63, 3.8) is 0 Å². The van der Waals surface area contributed by atoms with E-state index in [1.165, 1.54) is 23.2 Å². The third-order valence-electron chi connectivity index (χ3n) is 3.89. The zero-order chi connectivity index (χ0) is 17.6. The summed E-state index contributed by atoms with van der Waals surface area (Å²) in [7, 11) is 0.605. The highest BCUT2D eigenvalue weighted by molar-refractivity contribution is 14.1. The van der Waals surface area contributed by atoms with Crippen LogP contribution in [0.4, 0.5) is 0 Å². The van der Waals surface area contributed by atoms with E-state index in [4.69, 9.17) is 4.74 Å². The van der Waals surface area contributed by atoms with Crippen molar-refractivity contribution in [3.8, 4) is 0 Å². The highest BCUT2D eigenvalue weighted by Gasteiger charge is 2.23. The number of ether oxygens (including phenoxy) is 1. The molecular formula is C20H17BIO2P. The van der Waals surface area contributed by atoms with E-state index in [0.29, 0.717) is 5.56 Å². The molecule has 0 aliphatic carbocycles. The van der Waals surface area contributed by atoms with E-state index in [1.807, 2.05) is 48.5 Å². The molecule has 5 heteroatoms. The molecule has 0 aromatic heterocycles. The Morgan fingerprint density at radius 2 is 1.48 bits per heavy atom. The van der Waals surface area contributed by atoms with Gasteiger partial charge in [0, 0.05) is 0 Å². The summed E-state index contributed by atoms with van der Waals surface area (Å²) >= 11 is 2.35. The quantitative estimate of drug-likeness (QED) is 0.255. The first-order valence-electron chi connectivity index (χ1n) is 7.92. The number of carbonyl (C=O) groups excluding carboxylic acids is 1. The molecule has 0 N–H and O–H groups in total. The van der Waals surface area contributed by atoms with Crippen molar-refractivity contribution in [2.24, 2.45) is 0 Å². The van der Waals surface area contributed by atoms with Crippen molar-refractivity contribution in [2.75, 3.05) is 7.11 Å². The topological polar surface area (TPSA) is 26.3 Å². The molecule has 0 aliphatic heterocycles. The molecule has 0 saturated carbocycles. The van der Waals surface area contributed by atoms with Gasteiger partial charge in [-0.1, -0.05) is 78.3 Å². The largest absolute Gasteiger partial charge is 0.465 e. The Kier molecular flexibility index (Phi) is 6.27. The number of methoxy groups -OCH3 is 1. The summed E-state index contributed by atoms with van der Waals surface area (Å²) in [5, 5.41) is 4.39. The summed E-state index contributed by atoms with van der Waals surface area (Å²) in [5.74, 6) is -0.283. The van der Waals surface area contributed by atoms with E-state index in [-0.39, 0.29) is 5.97 Å². The van der Waals surface area contributed by atoms with E-state index in [0.717, 1.165) is 10.4 Å². The smallest absolute Gasteiger partial charge is 0.338 e. The summed E-state index contributed by atoms with van der Waals surface area (Å²) < 4.78 is 5.04. The first-order chi connectivity index (χ1) is 12.2. The molecule has 124 valence electrons. The van der Waals surface area contributed by atoms with Crippen LogP contribution in [-0.2, 0) is 4.74 Å². The lowest BCUT2D eigenvalue weighted by atomic mass is 9.95. The van der Waals surface area contributed by atoms with Crippen LogP contribution in [0.15, 0.2) is 78.9 Å². The number of carbonyl (C=O) groups is 1. The number of rotatable bonds is 5. The Balaban J connectivity index is 2.24. The van der Waals surface area contributed by atoms with Crippen LogP contribution < -0.4 is 21.4 Å². The molecule has 0 spiro atoms. The van der Waals surface area contributed by atoms with Crippen molar-refractivity contribution in [2.45, 2.75) is 0 Å². The highest BCUT2D eigenvalue weighted by atomic mass is 127. The zero-order valence-corrected chi connectivity index (χ0v) is 16.9. The molecule has 3 aromatic rings. The van der Waals surface area contributed by atoms with Gasteiger partial charge in [0.05, 0.1) is 12.7 Å². The molecule has 0 bridgehead atoms. The molecule has 0 amide bonds. The second-order valence-corrected chi connectivity index (χ2v) is 8.43. The second-order valence-electron chi connectivity index (χ2n) is 5.48. The third kappa shape index (κ3) is 4.13. The van der Waals surface area contributed by atoms with Crippen LogP contribution in [0.2, 0.25) is 0 Å². The third-order valence-corrected chi connectivity index (χ3v) is 7.25. The first kappa shape index (κ1) is 18.2. The van der Waals surface area contributed by atoms with E-state index >= 15 is 0 Å². The predicted molar refractivity (Wildman–Crippen MR) is 117 cm³/mol. The summed E-state index contributed by atoms with van der Waals surface area (Å²) in [5.41, 5.74) is 1.86. The lowest BCUT2D eigenvalue weighted by Crippen LogP contribution is -2.29. The van der Waals surface area contributed by atoms with Gasteiger partial charge >= 0.3 is 5.97 Å². The predicted octanol–water partition coefficient (Wildman–Crippen LogP) is 2.64. The maximum absolute atomic E-state index is 12.4. The van der Waals surface area contributed by atoms with Gasteiger partial charge < -0.3 is 4.74 Å². The zero-order valence-electron chi connectivity index (χ0n) is 13.9. The fourth-order valence-corrected chi connectivity index (χ4v) is 5.68. The van der Waals surface area contributed by atoms with Crippen LogP contribution in [0.5, 0.6) is 0 Å². The maximum Gasteiger partial charge on any atom is 0.338 e. The van der Waals surface area contributed by atoms with Crippen LogP contribution in [-0.4, -0.2) is 18.2 Å². The number of hydrogen-bond acceptors (Lipinski definition) is 2. The lowest BCUT2D eigenvalue weighted by molar-refractivity contribution is 0.0602. The normalized spacial score (nSPS) is 10.5. The van der Waals surface area contributed by atoms with Gasteiger partial charge in [-0.2, -0.15) is 0 Å². The Labute approximate surface area is 163 Å². The van der Waals surface area contributed by atoms with Crippen LogP contribution in [0.25, 0.3) is 0 Å². The SMILES string of the molecule is COC(=O)c1ccc(BI)cc1P(c1ccccc1)c1ccccc1. The van der Waals surface area contributed by atoms with Gasteiger partial charge in [-0.3, -0.25) is 0 Å². The van der Waals surface area contributed by atoms with Crippen LogP contribution in [0.3, 0.4) is 0 Å². The van der Waals surface area contributed by atoms with Gasteiger partial charge in [-0.15, -0.1) is 22.4 Å². The van der Waals surface area contributed by atoms with Gasteiger partial charge in [-0.25, -0.2) is 4.79 Å². The van der Waals surface area contributed by atoms with Crippen LogP contribution >= 0.6 is 30.3 Å². The number of benzene rings is 3. The van der Waals surface area contributed by atoms with Crippen LogP contribution in [0.1, 0.15) is 10.4 Å². The Morgan fingerprint density at radius 1 is 0.920 bits per heavy atom. The number of hydrogen-bond donors (Lipinski definition) is 0. The van der Waals surface area contributed by atoms with E-state index in [9.17, 15) is 4.79 Å². The van der Waals surface area contributed by atoms with Crippen molar-refractivity contribution in [3.05, 3.63) is 84.4 Å². The van der Waals surface area contributed by atoms with Crippen molar-refractivity contribution in [1.82, 2.24) is 0 Å². The Hall–Kier alpha value is -1.65. The molecule has 0 fully saturated rings. The number of esters is 1. The fraction of sp³-hybridized carbons (Fsp3) is 0.0500. The van der Waals surface area contributed by atoms with Gasteiger partial charge in [-0.05, 0) is 29.9 Å². The van der Waals surface area contributed by atoms with Gasteiger partial charge in [0.1, 0.15) is 0 Å². The monoisotopic (exact) mass is 458 g/mol. The summed E-state index contributed by atoms with van der Waals surface area (Å²) in [4.78, 5) is 12.4. The molecule has 0 saturated heterocycles. The summed E-state index contributed by atoms with van der Waals surface area (Å²) in [6, 6.07) is 26.8. The van der Waals surface area contributed by atoms with Crippen molar-refractivity contribution in [1.29, 1.82) is 0 Å². The lowest BCUT2D eigenvalue weighted by Gasteiger charge is -2.22. The van der Waals surface area contributed by atoms with E-state index < -0.39 is 7.92 Å². The standard InChI is InChI=1S/C20H17BIO2P/c1-24-20(23)18-13-12-15(21-22)14-19(18)25(16-8-4-2-5-9-16)17-10-6-3-7-11-17/h2-14,21H,1H3. The molecule has 3 aromatic carbocycles. The Bertz CT molecular complexity index is 817. The minimum Gasteiger partial charge on any atom is -0.465 e. The van der Waals surface area contributed by atoms with Gasteiger partial charge in [0.25, 0.3) is 0 Å². The van der Waals surface area contributed by atoms with Gasteiger partial charge in [0.15, 0.2) is 0 Å².